The molecular formula is C26H21N3O4. The minimum absolute atomic E-state index is 0.118. The molecule has 0 saturated heterocycles. The predicted octanol–water partition coefficient (Wildman–Crippen LogP) is 3.54. The first-order valence-corrected chi connectivity index (χ1v) is 10.6. The van der Waals surface area contributed by atoms with Gasteiger partial charge >= 0.3 is 0 Å². The maximum absolute atomic E-state index is 13.4. The summed E-state index contributed by atoms with van der Waals surface area (Å²) in [5.74, 6) is 0.505. The Morgan fingerprint density at radius 1 is 0.879 bits per heavy atom. The summed E-state index contributed by atoms with van der Waals surface area (Å²) in [5.41, 5.74) is 2.62. The number of fused-ring (bicyclic) bond motifs is 2. The average molecular weight is 439 g/mol. The average Bonchev–Trinajstić information content (AvgIpc) is 3.08. The van der Waals surface area contributed by atoms with Crippen LogP contribution >= 0.6 is 0 Å². The molecule has 0 aliphatic carbocycles. The largest absolute Gasteiger partial charge is 0.497 e. The van der Waals surface area contributed by atoms with Gasteiger partial charge in [-0.3, -0.25) is 23.9 Å². The number of para-hydroxylation sites is 1. The number of benzene rings is 3. The Morgan fingerprint density at radius 2 is 1.64 bits per heavy atom. The zero-order valence-corrected chi connectivity index (χ0v) is 18.2. The monoisotopic (exact) mass is 439 g/mol. The van der Waals surface area contributed by atoms with Crippen molar-refractivity contribution in [1.29, 1.82) is 0 Å². The number of methoxy groups -OCH3 is 1. The molecule has 0 radical (unpaired) electrons. The molecule has 164 valence electrons. The Bertz CT molecular complexity index is 1470. The van der Waals surface area contributed by atoms with Crippen LogP contribution in [-0.4, -0.2) is 39.9 Å². The van der Waals surface area contributed by atoms with Gasteiger partial charge in [-0.05, 0) is 55.0 Å². The molecule has 5 rings (SSSR count). The standard InChI is InChI=1S/C26H21N3O4/c1-16-6-5-8-20-23(16)26(32)28(24(20)30)15-14-22-27-21-9-4-3-7-19(21)25(31)29(22)17-10-12-18(33-2)13-11-17/h3-13H,14-15H2,1-2H3. The molecule has 0 N–H and O–H groups in total. The predicted molar refractivity (Wildman–Crippen MR) is 124 cm³/mol. The van der Waals surface area contributed by atoms with Crippen LogP contribution in [0.5, 0.6) is 5.75 Å². The van der Waals surface area contributed by atoms with Gasteiger partial charge in [0.15, 0.2) is 0 Å². The van der Waals surface area contributed by atoms with Crippen LogP contribution in [0.15, 0.2) is 71.5 Å². The molecule has 4 aromatic rings. The van der Waals surface area contributed by atoms with Crippen molar-refractivity contribution in [1.82, 2.24) is 14.5 Å². The highest BCUT2D eigenvalue weighted by Gasteiger charge is 2.36. The molecule has 0 unspecified atom stereocenters. The number of amides is 2. The maximum atomic E-state index is 13.4. The number of ether oxygens (including phenoxy) is 1. The molecule has 3 aromatic carbocycles. The van der Waals surface area contributed by atoms with Crippen molar-refractivity contribution in [2.75, 3.05) is 13.7 Å². The van der Waals surface area contributed by atoms with Crippen molar-refractivity contribution < 1.29 is 14.3 Å². The van der Waals surface area contributed by atoms with Gasteiger partial charge in [-0.25, -0.2) is 4.98 Å². The lowest BCUT2D eigenvalue weighted by atomic mass is 10.0. The molecule has 1 aliphatic heterocycles. The molecule has 0 fully saturated rings. The number of carbonyl (C=O) groups excluding carboxylic acids is 2. The Morgan fingerprint density at radius 3 is 2.36 bits per heavy atom. The van der Waals surface area contributed by atoms with Gasteiger partial charge in [0.25, 0.3) is 17.4 Å². The van der Waals surface area contributed by atoms with Crippen molar-refractivity contribution in [3.05, 3.63) is 99.6 Å². The van der Waals surface area contributed by atoms with Crippen LogP contribution in [0, 0.1) is 6.92 Å². The van der Waals surface area contributed by atoms with Crippen LogP contribution in [0.3, 0.4) is 0 Å². The number of nitrogens with zero attached hydrogens (tertiary/aromatic N) is 3. The van der Waals surface area contributed by atoms with Crippen molar-refractivity contribution in [2.45, 2.75) is 13.3 Å². The third kappa shape index (κ3) is 3.38. The normalized spacial score (nSPS) is 13.0. The van der Waals surface area contributed by atoms with Crippen LogP contribution in [-0.2, 0) is 6.42 Å². The van der Waals surface area contributed by atoms with Gasteiger partial charge < -0.3 is 4.74 Å². The Balaban J connectivity index is 1.55. The molecule has 33 heavy (non-hydrogen) atoms. The first kappa shape index (κ1) is 20.6. The van der Waals surface area contributed by atoms with E-state index in [-0.39, 0.29) is 30.3 Å². The topological polar surface area (TPSA) is 81.5 Å². The van der Waals surface area contributed by atoms with E-state index in [0.717, 1.165) is 5.56 Å². The van der Waals surface area contributed by atoms with E-state index in [0.29, 0.717) is 39.3 Å². The molecule has 7 nitrogen and oxygen atoms in total. The summed E-state index contributed by atoms with van der Waals surface area (Å²) in [4.78, 5) is 45.2. The molecule has 0 bridgehead atoms. The van der Waals surface area contributed by atoms with Crippen LogP contribution in [0.1, 0.15) is 32.1 Å². The first-order chi connectivity index (χ1) is 16.0. The molecule has 1 aromatic heterocycles. The second-order valence-electron chi connectivity index (χ2n) is 7.89. The highest BCUT2D eigenvalue weighted by molar-refractivity contribution is 6.22. The Kier molecular flexibility index (Phi) is 5.01. The number of imide groups is 1. The number of hydrogen-bond acceptors (Lipinski definition) is 5. The maximum Gasteiger partial charge on any atom is 0.265 e. The fourth-order valence-corrected chi connectivity index (χ4v) is 4.26. The summed E-state index contributed by atoms with van der Waals surface area (Å²) in [7, 11) is 1.58. The summed E-state index contributed by atoms with van der Waals surface area (Å²) < 4.78 is 6.76. The summed E-state index contributed by atoms with van der Waals surface area (Å²) in [5, 5.41) is 0.494. The lowest BCUT2D eigenvalue weighted by molar-refractivity contribution is 0.0655. The van der Waals surface area contributed by atoms with Crippen molar-refractivity contribution in [3.8, 4) is 11.4 Å². The van der Waals surface area contributed by atoms with Crippen LogP contribution < -0.4 is 10.3 Å². The van der Waals surface area contributed by atoms with E-state index in [2.05, 4.69) is 0 Å². The van der Waals surface area contributed by atoms with Crippen molar-refractivity contribution in [2.24, 2.45) is 0 Å². The highest BCUT2D eigenvalue weighted by atomic mass is 16.5. The van der Waals surface area contributed by atoms with E-state index in [1.165, 1.54) is 9.47 Å². The molecule has 0 spiro atoms. The number of aryl methyl sites for hydroxylation is 1. The molecule has 1 aliphatic rings. The van der Waals surface area contributed by atoms with E-state index in [4.69, 9.17) is 9.72 Å². The number of carbonyl (C=O) groups is 2. The SMILES string of the molecule is COc1ccc(-n2c(CCN3C(=O)c4cccc(C)c4C3=O)nc3ccccc3c2=O)cc1. The highest BCUT2D eigenvalue weighted by Crippen LogP contribution is 2.26. The zero-order valence-electron chi connectivity index (χ0n) is 18.2. The molecule has 0 atom stereocenters. The van der Waals surface area contributed by atoms with E-state index < -0.39 is 0 Å². The third-order valence-electron chi connectivity index (χ3n) is 5.94. The number of hydrogen-bond donors (Lipinski definition) is 0. The van der Waals surface area contributed by atoms with Gasteiger partial charge in [0.2, 0.25) is 0 Å². The van der Waals surface area contributed by atoms with Crippen LogP contribution in [0.2, 0.25) is 0 Å². The Hall–Kier alpha value is -4.26. The van der Waals surface area contributed by atoms with E-state index in [9.17, 15) is 14.4 Å². The summed E-state index contributed by atoms with van der Waals surface area (Å²) in [6.07, 6.45) is 0.233. The van der Waals surface area contributed by atoms with E-state index >= 15 is 0 Å². The quantitative estimate of drug-likeness (QED) is 0.444. The van der Waals surface area contributed by atoms with Gasteiger partial charge in [0, 0.05) is 13.0 Å². The summed E-state index contributed by atoms with van der Waals surface area (Å²) in [6.45, 7) is 1.94. The molecule has 2 amide bonds. The van der Waals surface area contributed by atoms with Crippen molar-refractivity contribution >= 4 is 22.7 Å². The second kappa shape index (κ2) is 8.02. The zero-order chi connectivity index (χ0) is 23.1. The second-order valence-corrected chi connectivity index (χ2v) is 7.89. The molecule has 7 heteroatoms. The summed E-state index contributed by atoms with van der Waals surface area (Å²) >= 11 is 0. The lowest BCUT2D eigenvalue weighted by Crippen LogP contribution is -2.33. The minimum Gasteiger partial charge on any atom is -0.497 e. The molecular weight excluding hydrogens is 418 g/mol. The first-order valence-electron chi connectivity index (χ1n) is 10.6. The van der Waals surface area contributed by atoms with Gasteiger partial charge in [-0.2, -0.15) is 0 Å². The smallest absolute Gasteiger partial charge is 0.265 e. The van der Waals surface area contributed by atoms with Gasteiger partial charge in [0.05, 0.1) is 34.8 Å². The number of aromatic nitrogens is 2. The number of rotatable bonds is 5. The van der Waals surface area contributed by atoms with Crippen LogP contribution in [0.25, 0.3) is 16.6 Å². The fraction of sp³-hybridized carbons (Fsp3) is 0.154. The lowest BCUT2D eigenvalue weighted by Gasteiger charge is -2.17. The van der Waals surface area contributed by atoms with Crippen molar-refractivity contribution in [3.63, 3.8) is 0 Å². The van der Waals surface area contributed by atoms with Gasteiger partial charge in [-0.15, -0.1) is 0 Å². The third-order valence-corrected chi connectivity index (χ3v) is 5.94. The Labute approximate surface area is 189 Å². The van der Waals surface area contributed by atoms with E-state index in [1.807, 2.05) is 19.1 Å². The molecule has 0 saturated carbocycles. The minimum atomic E-state index is -0.321. The van der Waals surface area contributed by atoms with Gasteiger partial charge in [-0.1, -0.05) is 24.3 Å². The summed E-state index contributed by atoms with van der Waals surface area (Å²) in [6, 6.07) is 19.5. The fourth-order valence-electron chi connectivity index (χ4n) is 4.26. The molecule has 2 heterocycles. The van der Waals surface area contributed by atoms with Crippen LogP contribution in [0.4, 0.5) is 0 Å². The van der Waals surface area contributed by atoms with Gasteiger partial charge in [0.1, 0.15) is 11.6 Å². The van der Waals surface area contributed by atoms with E-state index in [1.54, 1.807) is 61.7 Å².